The van der Waals surface area contributed by atoms with Gasteiger partial charge >= 0.3 is 0 Å². The van der Waals surface area contributed by atoms with E-state index in [0.29, 0.717) is 25.6 Å². The molecule has 21 heavy (non-hydrogen) atoms. The Hall–Kier alpha value is -1.57. The van der Waals surface area contributed by atoms with Gasteiger partial charge in [-0.2, -0.15) is 5.26 Å². The minimum absolute atomic E-state index is 0.180. The van der Waals surface area contributed by atoms with Crippen LogP contribution in [0, 0.1) is 11.3 Å². The third-order valence-corrected chi connectivity index (χ3v) is 3.70. The lowest BCUT2D eigenvalue weighted by Crippen LogP contribution is -2.39. The van der Waals surface area contributed by atoms with Crippen LogP contribution in [0.4, 0.5) is 0 Å². The third kappa shape index (κ3) is 6.16. The van der Waals surface area contributed by atoms with Crippen LogP contribution in [-0.4, -0.2) is 42.4 Å². The lowest BCUT2D eigenvalue weighted by atomic mass is 10.1. The summed E-state index contributed by atoms with van der Waals surface area (Å²) < 4.78 is 5.75. The highest BCUT2D eigenvalue weighted by Gasteiger charge is 2.14. The molecule has 0 aromatic heterocycles. The lowest BCUT2D eigenvalue weighted by molar-refractivity contribution is 0.122. The molecule has 116 valence electrons. The Labute approximate surface area is 128 Å². The maximum Gasteiger partial charge on any atom is 0.119 e. The molecule has 1 rings (SSSR count). The molecule has 0 spiro atoms. The van der Waals surface area contributed by atoms with Gasteiger partial charge in [-0.25, -0.2) is 0 Å². The van der Waals surface area contributed by atoms with E-state index in [0.717, 1.165) is 30.7 Å². The van der Waals surface area contributed by atoms with Gasteiger partial charge in [0, 0.05) is 19.1 Å². The van der Waals surface area contributed by atoms with Crippen LogP contribution >= 0.6 is 0 Å². The Morgan fingerprint density at radius 2 is 1.86 bits per heavy atom. The Balaban J connectivity index is 2.44. The van der Waals surface area contributed by atoms with Crippen LogP contribution in [0.5, 0.6) is 5.75 Å². The number of benzene rings is 1. The van der Waals surface area contributed by atoms with Crippen LogP contribution in [0.3, 0.4) is 0 Å². The highest BCUT2D eigenvalue weighted by atomic mass is 16.5. The summed E-state index contributed by atoms with van der Waals surface area (Å²) in [6, 6.07) is 10.3. The van der Waals surface area contributed by atoms with Crippen LogP contribution < -0.4 is 4.74 Å². The second-order valence-corrected chi connectivity index (χ2v) is 5.06. The molecule has 0 unspecified atom stereocenters. The summed E-state index contributed by atoms with van der Waals surface area (Å²) in [5, 5.41) is 17.8. The number of aliphatic hydroxyl groups excluding tert-OH is 1. The van der Waals surface area contributed by atoms with E-state index in [4.69, 9.17) is 15.1 Å². The van der Waals surface area contributed by atoms with E-state index in [9.17, 15) is 0 Å². The SMILES string of the molecule is CCC(CC)N(CCO)CCOc1ccc(CC#N)cc1. The fourth-order valence-corrected chi connectivity index (χ4v) is 2.49. The van der Waals surface area contributed by atoms with Gasteiger partial charge in [0.1, 0.15) is 12.4 Å². The second-order valence-electron chi connectivity index (χ2n) is 5.06. The maximum atomic E-state index is 9.17. The van der Waals surface area contributed by atoms with Gasteiger partial charge in [0.2, 0.25) is 0 Å². The van der Waals surface area contributed by atoms with Gasteiger partial charge in [0.15, 0.2) is 0 Å². The maximum absolute atomic E-state index is 9.17. The smallest absolute Gasteiger partial charge is 0.119 e. The molecule has 0 heterocycles. The van der Waals surface area contributed by atoms with Gasteiger partial charge < -0.3 is 9.84 Å². The van der Waals surface area contributed by atoms with Crippen LogP contribution in [0.15, 0.2) is 24.3 Å². The molecule has 0 fully saturated rings. The van der Waals surface area contributed by atoms with E-state index in [1.54, 1.807) is 0 Å². The van der Waals surface area contributed by atoms with Crippen molar-refractivity contribution in [1.82, 2.24) is 4.90 Å². The molecule has 0 aliphatic carbocycles. The summed E-state index contributed by atoms with van der Waals surface area (Å²) in [6.45, 7) is 6.64. The average Bonchev–Trinajstić information content (AvgIpc) is 2.50. The van der Waals surface area contributed by atoms with E-state index < -0.39 is 0 Å². The van der Waals surface area contributed by atoms with Crippen LogP contribution in [0.1, 0.15) is 32.3 Å². The normalized spacial score (nSPS) is 10.9. The summed E-state index contributed by atoms with van der Waals surface area (Å²) in [7, 11) is 0. The van der Waals surface area contributed by atoms with Crippen molar-refractivity contribution >= 4 is 0 Å². The van der Waals surface area contributed by atoms with Crippen molar-refractivity contribution in [3.63, 3.8) is 0 Å². The molecule has 0 aliphatic rings. The molecule has 4 heteroatoms. The largest absolute Gasteiger partial charge is 0.492 e. The van der Waals surface area contributed by atoms with E-state index in [1.807, 2.05) is 24.3 Å². The molecule has 0 radical (unpaired) electrons. The molecule has 0 aliphatic heterocycles. The molecule has 1 N–H and O–H groups in total. The zero-order valence-electron chi connectivity index (χ0n) is 13.1. The van der Waals surface area contributed by atoms with E-state index in [2.05, 4.69) is 24.8 Å². The number of hydrogen-bond acceptors (Lipinski definition) is 4. The molecule has 0 amide bonds. The molecule has 1 aromatic carbocycles. The summed E-state index contributed by atoms with van der Waals surface area (Å²) in [5.74, 6) is 0.824. The van der Waals surface area contributed by atoms with Gasteiger partial charge in [-0.1, -0.05) is 26.0 Å². The van der Waals surface area contributed by atoms with Crippen molar-refractivity contribution in [3.8, 4) is 11.8 Å². The van der Waals surface area contributed by atoms with Crippen molar-refractivity contribution < 1.29 is 9.84 Å². The van der Waals surface area contributed by atoms with E-state index in [-0.39, 0.29) is 6.61 Å². The zero-order valence-corrected chi connectivity index (χ0v) is 13.1. The fourth-order valence-electron chi connectivity index (χ4n) is 2.49. The second kappa shape index (κ2) is 10.2. The molecule has 0 bridgehead atoms. The zero-order chi connectivity index (χ0) is 15.5. The number of ether oxygens (including phenoxy) is 1. The Morgan fingerprint density at radius 1 is 1.19 bits per heavy atom. The van der Waals surface area contributed by atoms with Crippen molar-refractivity contribution in [1.29, 1.82) is 5.26 Å². The van der Waals surface area contributed by atoms with Crippen molar-refractivity contribution in [3.05, 3.63) is 29.8 Å². The predicted octanol–water partition coefficient (Wildman–Crippen LogP) is 2.61. The summed E-state index contributed by atoms with van der Waals surface area (Å²) in [4.78, 5) is 2.28. The van der Waals surface area contributed by atoms with E-state index in [1.165, 1.54) is 0 Å². The first kappa shape index (κ1) is 17.5. The van der Waals surface area contributed by atoms with E-state index >= 15 is 0 Å². The van der Waals surface area contributed by atoms with Crippen molar-refractivity contribution in [2.45, 2.75) is 39.2 Å². The molecular weight excluding hydrogens is 264 g/mol. The predicted molar refractivity (Wildman–Crippen MR) is 84.3 cm³/mol. The number of hydrogen-bond donors (Lipinski definition) is 1. The Bertz CT molecular complexity index is 421. The number of nitriles is 1. The number of nitrogens with zero attached hydrogens (tertiary/aromatic N) is 2. The van der Waals surface area contributed by atoms with Crippen molar-refractivity contribution in [2.24, 2.45) is 0 Å². The van der Waals surface area contributed by atoms with Gasteiger partial charge in [-0.3, -0.25) is 4.90 Å². The fraction of sp³-hybridized carbons (Fsp3) is 0.588. The topological polar surface area (TPSA) is 56.5 Å². The van der Waals surface area contributed by atoms with Gasteiger partial charge in [0.25, 0.3) is 0 Å². The molecule has 1 aromatic rings. The molecule has 4 nitrogen and oxygen atoms in total. The van der Waals surface area contributed by atoms with Gasteiger partial charge in [-0.15, -0.1) is 0 Å². The van der Waals surface area contributed by atoms with Crippen LogP contribution in [-0.2, 0) is 6.42 Å². The summed E-state index contributed by atoms with van der Waals surface area (Å²) >= 11 is 0. The quantitative estimate of drug-likeness (QED) is 0.719. The minimum Gasteiger partial charge on any atom is -0.492 e. The van der Waals surface area contributed by atoms with Crippen LogP contribution in [0.25, 0.3) is 0 Å². The summed E-state index contributed by atoms with van der Waals surface area (Å²) in [6.07, 6.45) is 2.60. The van der Waals surface area contributed by atoms with Gasteiger partial charge in [0.05, 0.1) is 19.1 Å². The molecule has 0 saturated carbocycles. The first-order valence-electron chi connectivity index (χ1n) is 7.68. The molecular formula is C17H26N2O2. The van der Waals surface area contributed by atoms with Crippen molar-refractivity contribution in [2.75, 3.05) is 26.3 Å². The number of rotatable bonds is 10. The lowest BCUT2D eigenvalue weighted by Gasteiger charge is -2.29. The standard InChI is InChI=1S/C17H26N2O2/c1-3-16(4-2)19(11-13-20)12-14-21-17-7-5-15(6-8-17)9-10-18/h5-8,16,20H,3-4,9,11-14H2,1-2H3. The number of aliphatic hydroxyl groups is 1. The molecule has 0 saturated heterocycles. The Kier molecular flexibility index (Phi) is 8.49. The molecule has 0 atom stereocenters. The minimum atomic E-state index is 0.180. The highest BCUT2D eigenvalue weighted by molar-refractivity contribution is 5.28. The van der Waals surface area contributed by atoms with Gasteiger partial charge in [-0.05, 0) is 30.5 Å². The monoisotopic (exact) mass is 290 g/mol. The Morgan fingerprint density at radius 3 is 2.38 bits per heavy atom. The first-order valence-corrected chi connectivity index (χ1v) is 7.68. The summed E-state index contributed by atoms with van der Waals surface area (Å²) in [5.41, 5.74) is 1.00. The highest BCUT2D eigenvalue weighted by Crippen LogP contribution is 2.13. The third-order valence-electron chi connectivity index (χ3n) is 3.70. The average molecular weight is 290 g/mol. The first-order chi connectivity index (χ1) is 10.2. The van der Waals surface area contributed by atoms with Crippen LogP contribution in [0.2, 0.25) is 0 Å².